The number of hydrogen-bond acceptors (Lipinski definition) is 8. The van der Waals surface area contributed by atoms with Crippen LogP contribution >= 0.6 is 11.6 Å². The first-order valence-corrected chi connectivity index (χ1v) is 14.2. The van der Waals surface area contributed by atoms with Crippen molar-refractivity contribution in [2.75, 3.05) is 24.2 Å². The first-order chi connectivity index (χ1) is 20.7. The molecule has 2 aromatic carbocycles. The number of rotatable bonds is 8. The Kier molecular flexibility index (Phi) is 8.02. The van der Waals surface area contributed by atoms with E-state index in [9.17, 15) is 27.6 Å². The minimum atomic E-state index is -4.48. The molecule has 14 heteroatoms. The molecular formula is C30H31ClF4N8O. The van der Waals surface area contributed by atoms with Crippen molar-refractivity contribution in [2.24, 2.45) is 5.41 Å². The number of alkyl halides is 3. The third kappa shape index (κ3) is 5.92. The fourth-order valence-corrected chi connectivity index (χ4v) is 5.26. The molecule has 9 nitrogen and oxygen atoms in total. The molecule has 1 atom stereocenters. The van der Waals surface area contributed by atoms with Gasteiger partial charge in [0.2, 0.25) is 0 Å². The molecular weight excluding hydrogens is 600 g/mol. The third-order valence-electron chi connectivity index (χ3n) is 7.56. The predicted octanol–water partition coefficient (Wildman–Crippen LogP) is 6.13. The maximum absolute atomic E-state index is 14.6. The van der Waals surface area contributed by atoms with Crippen molar-refractivity contribution in [3.8, 4) is 6.07 Å². The molecule has 0 radical (unpaired) electrons. The predicted molar refractivity (Wildman–Crippen MR) is 160 cm³/mol. The Morgan fingerprint density at radius 2 is 1.95 bits per heavy atom. The molecule has 1 aromatic heterocycles. The Balaban J connectivity index is 1.61. The number of benzene rings is 2. The average Bonchev–Trinajstić information content (AvgIpc) is 3.65. The van der Waals surface area contributed by atoms with E-state index in [0.717, 1.165) is 11.1 Å². The summed E-state index contributed by atoms with van der Waals surface area (Å²) < 4.78 is 56.3. The fraction of sp³-hybridized carbons (Fsp3) is 0.367. The quantitative estimate of drug-likeness (QED) is 0.189. The summed E-state index contributed by atoms with van der Waals surface area (Å²) >= 11 is 6.67. The van der Waals surface area contributed by atoms with Crippen molar-refractivity contribution in [1.82, 2.24) is 26.3 Å². The molecule has 5 N–H and O–H groups in total. The lowest BCUT2D eigenvalue weighted by atomic mass is 9.96. The molecule has 5 rings (SSSR count). The molecule has 0 saturated heterocycles. The zero-order valence-electron chi connectivity index (χ0n) is 24.4. The number of fused-ring (bicyclic) bond motifs is 1. The lowest BCUT2D eigenvalue weighted by Gasteiger charge is -2.28. The van der Waals surface area contributed by atoms with E-state index in [1.807, 2.05) is 20.8 Å². The van der Waals surface area contributed by atoms with Gasteiger partial charge in [-0.2, -0.15) is 18.4 Å². The number of carbonyl (C=O) groups excluding carboxylic acids is 1. The van der Waals surface area contributed by atoms with Gasteiger partial charge in [0, 0.05) is 37.1 Å². The van der Waals surface area contributed by atoms with E-state index in [1.54, 1.807) is 12.1 Å². The molecule has 1 aliphatic carbocycles. The highest BCUT2D eigenvalue weighted by molar-refractivity contribution is 6.35. The van der Waals surface area contributed by atoms with E-state index in [0.29, 0.717) is 39.9 Å². The van der Waals surface area contributed by atoms with Gasteiger partial charge in [-0.05, 0) is 48.1 Å². The number of amides is 1. The Morgan fingerprint density at radius 1 is 1.23 bits per heavy atom. The van der Waals surface area contributed by atoms with Crippen LogP contribution in [0, 0.1) is 22.6 Å². The van der Waals surface area contributed by atoms with Crippen molar-refractivity contribution in [3.05, 3.63) is 76.0 Å². The van der Waals surface area contributed by atoms with Gasteiger partial charge in [-0.15, -0.1) is 5.53 Å². The molecule has 0 spiro atoms. The highest BCUT2D eigenvalue weighted by atomic mass is 35.5. The number of nitrogens with zero attached hydrogens (tertiary/aromatic N) is 3. The zero-order valence-corrected chi connectivity index (χ0v) is 25.1. The second kappa shape index (κ2) is 11.3. The highest BCUT2D eigenvalue weighted by Gasteiger charge is 2.67. The Labute approximate surface area is 256 Å². The summed E-state index contributed by atoms with van der Waals surface area (Å²) in [4.78, 5) is 16.8. The average molecular weight is 631 g/mol. The van der Waals surface area contributed by atoms with Gasteiger partial charge in [-0.1, -0.05) is 38.4 Å². The molecule has 1 fully saturated rings. The largest absolute Gasteiger partial charge is 0.413 e. The van der Waals surface area contributed by atoms with E-state index in [1.165, 1.54) is 31.6 Å². The van der Waals surface area contributed by atoms with Gasteiger partial charge in [0.05, 0.1) is 39.1 Å². The van der Waals surface area contributed by atoms with Crippen LogP contribution < -0.4 is 26.9 Å². The van der Waals surface area contributed by atoms with E-state index in [-0.39, 0.29) is 34.5 Å². The monoisotopic (exact) mass is 630 g/mol. The van der Waals surface area contributed by atoms with Crippen LogP contribution in [0.15, 0.2) is 48.4 Å². The van der Waals surface area contributed by atoms with Crippen LogP contribution in [-0.2, 0) is 0 Å². The molecule has 232 valence electrons. The molecule has 2 heterocycles. The second-order valence-electron chi connectivity index (χ2n) is 12.0. The maximum atomic E-state index is 14.6. The molecule has 0 unspecified atom stereocenters. The Morgan fingerprint density at radius 3 is 2.57 bits per heavy atom. The van der Waals surface area contributed by atoms with Crippen molar-refractivity contribution in [3.63, 3.8) is 0 Å². The number of hydrogen-bond donors (Lipinski definition) is 5. The minimum Gasteiger partial charge on any atom is -0.383 e. The number of aromatic nitrogens is 1. The Hall–Kier alpha value is -4.28. The van der Waals surface area contributed by atoms with Crippen molar-refractivity contribution >= 4 is 39.8 Å². The number of nitrogens with one attached hydrogen (secondary N) is 5. The van der Waals surface area contributed by atoms with Gasteiger partial charge in [0.1, 0.15) is 11.9 Å². The standard InChI is InChI=1S/C30H31ClF4N8O/c1-28(2,3)15-39-24-17(12-36)13-38-26-20(24)10-18(11-21(26)31)40-25(16-5-6-22(32)19(9-16)27(44)37-4)23-14-43(42-41-23)29(7-8-29)30(33,34)35/h5-6,9-11,13-14,25,40-42H,7-8,15H2,1-4H3,(H,37,44)(H,38,39)/t25-/m0/s1. The van der Waals surface area contributed by atoms with Crippen LogP contribution in [0.1, 0.15) is 61.1 Å². The van der Waals surface area contributed by atoms with Gasteiger partial charge in [-0.3, -0.25) is 14.8 Å². The highest BCUT2D eigenvalue weighted by Crippen LogP contribution is 2.53. The lowest BCUT2D eigenvalue weighted by molar-refractivity contribution is -0.195. The summed E-state index contributed by atoms with van der Waals surface area (Å²) in [6.07, 6.45) is -1.88. The van der Waals surface area contributed by atoms with Crippen LogP contribution in [-0.4, -0.2) is 41.2 Å². The number of anilines is 2. The molecule has 1 saturated carbocycles. The molecule has 1 amide bonds. The van der Waals surface area contributed by atoms with Crippen LogP contribution in [0.25, 0.3) is 10.9 Å². The molecule has 1 aliphatic heterocycles. The molecule has 3 aromatic rings. The normalized spacial score (nSPS) is 16.5. The van der Waals surface area contributed by atoms with Crippen LogP contribution in [0.5, 0.6) is 0 Å². The number of halogens is 5. The number of hydrazine groups is 2. The smallest absolute Gasteiger partial charge is 0.383 e. The van der Waals surface area contributed by atoms with Crippen LogP contribution in [0.4, 0.5) is 28.9 Å². The summed E-state index contributed by atoms with van der Waals surface area (Å²) in [5.41, 5.74) is 5.40. The summed E-state index contributed by atoms with van der Waals surface area (Å²) in [5, 5.41) is 20.6. The minimum absolute atomic E-state index is 0.0801. The summed E-state index contributed by atoms with van der Waals surface area (Å²) in [5.74, 6) is -1.42. The first kappa shape index (κ1) is 31.2. The van der Waals surface area contributed by atoms with Crippen molar-refractivity contribution < 1.29 is 22.4 Å². The van der Waals surface area contributed by atoms with Crippen molar-refractivity contribution in [1.29, 1.82) is 5.26 Å². The van der Waals surface area contributed by atoms with E-state index < -0.39 is 29.5 Å². The van der Waals surface area contributed by atoms with Crippen molar-refractivity contribution in [2.45, 2.75) is 51.4 Å². The first-order valence-electron chi connectivity index (χ1n) is 13.8. The van der Waals surface area contributed by atoms with E-state index in [2.05, 4.69) is 38.0 Å². The summed E-state index contributed by atoms with van der Waals surface area (Å²) in [6, 6.07) is 8.49. The van der Waals surface area contributed by atoms with E-state index >= 15 is 0 Å². The number of nitriles is 1. The SMILES string of the molecule is CNC(=O)c1cc([C@H](Nc2cc(Cl)c3ncc(C#N)c(NCC(C)(C)C)c3c2)C2=CN(C3(C(F)(F)F)CC3)NN2)ccc1F. The summed E-state index contributed by atoms with van der Waals surface area (Å²) in [6.45, 7) is 6.66. The van der Waals surface area contributed by atoms with E-state index in [4.69, 9.17) is 11.6 Å². The van der Waals surface area contributed by atoms with Crippen LogP contribution in [0.3, 0.4) is 0 Å². The van der Waals surface area contributed by atoms with Gasteiger partial charge in [-0.25, -0.2) is 4.39 Å². The van der Waals surface area contributed by atoms with Gasteiger partial charge in [0.25, 0.3) is 5.91 Å². The number of carbonyl (C=O) groups is 1. The molecule has 0 bridgehead atoms. The molecule has 44 heavy (non-hydrogen) atoms. The Bertz CT molecular complexity index is 1690. The maximum Gasteiger partial charge on any atom is 0.413 e. The third-order valence-corrected chi connectivity index (χ3v) is 7.85. The zero-order chi connectivity index (χ0) is 32.0. The fourth-order valence-electron chi connectivity index (χ4n) is 5.00. The number of pyridine rings is 1. The second-order valence-corrected chi connectivity index (χ2v) is 12.5. The van der Waals surface area contributed by atoms with Gasteiger partial charge in [0.15, 0.2) is 5.54 Å². The summed E-state index contributed by atoms with van der Waals surface area (Å²) in [7, 11) is 1.37. The van der Waals surface area contributed by atoms with Crippen LogP contribution in [0.2, 0.25) is 5.02 Å². The van der Waals surface area contributed by atoms with Gasteiger partial charge < -0.3 is 21.4 Å². The topological polar surface area (TPSA) is 117 Å². The lowest BCUT2D eigenvalue weighted by Crippen LogP contribution is -2.52. The molecule has 2 aliphatic rings. The van der Waals surface area contributed by atoms with Gasteiger partial charge >= 0.3 is 6.18 Å².